The summed E-state index contributed by atoms with van der Waals surface area (Å²) in [6.07, 6.45) is 6.51. The quantitative estimate of drug-likeness (QED) is 0.788. The molecule has 0 radical (unpaired) electrons. The molecule has 100 valence electrons. The highest BCUT2D eigenvalue weighted by Gasteiger charge is 2.22. The number of aromatic nitrogens is 1. The third-order valence-electron chi connectivity index (χ3n) is 4.06. The summed E-state index contributed by atoms with van der Waals surface area (Å²) in [6.45, 7) is 4.20. The van der Waals surface area contributed by atoms with E-state index in [-0.39, 0.29) is 5.91 Å². The summed E-state index contributed by atoms with van der Waals surface area (Å²) in [5.74, 6) is 0.116. The fraction of sp³-hybridized carbons (Fsp3) is 0.667. The van der Waals surface area contributed by atoms with Gasteiger partial charge in [-0.2, -0.15) is 0 Å². The predicted octanol–water partition coefficient (Wildman–Crippen LogP) is 3.31. The third-order valence-corrected chi connectivity index (χ3v) is 4.06. The van der Waals surface area contributed by atoms with Crippen LogP contribution in [0.15, 0.2) is 6.07 Å². The molecule has 1 saturated carbocycles. The highest BCUT2D eigenvalue weighted by atomic mass is 16.2. The molecule has 0 spiro atoms. The van der Waals surface area contributed by atoms with Crippen LogP contribution in [-0.4, -0.2) is 29.5 Å². The second kappa shape index (κ2) is 5.17. The van der Waals surface area contributed by atoms with Crippen molar-refractivity contribution >= 4 is 5.91 Å². The molecule has 18 heavy (non-hydrogen) atoms. The van der Waals surface area contributed by atoms with Gasteiger partial charge in [-0.3, -0.25) is 4.79 Å². The molecule has 1 aromatic rings. The van der Waals surface area contributed by atoms with E-state index in [1.54, 1.807) is 4.90 Å². The standard InChI is InChI=1S/C15H24N2O/c1-11-10-14(15(18)16(3)4)12(2)17(11)13-8-6-5-7-9-13/h10,13H,5-9H2,1-4H3. The van der Waals surface area contributed by atoms with Crippen LogP contribution in [0.3, 0.4) is 0 Å². The van der Waals surface area contributed by atoms with Crippen LogP contribution in [0.25, 0.3) is 0 Å². The molecule has 1 amide bonds. The molecule has 0 aliphatic heterocycles. The van der Waals surface area contributed by atoms with Gasteiger partial charge in [0, 0.05) is 31.5 Å². The Hall–Kier alpha value is -1.25. The zero-order valence-electron chi connectivity index (χ0n) is 12.0. The van der Waals surface area contributed by atoms with E-state index in [9.17, 15) is 4.79 Å². The Morgan fingerprint density at radius 3 is 2.39 bits per heavy atom. The molecule has 0 unspecified atom stereocenters. The second-order valence-corrected chi connectivity index (χ2v) is 5.65. The Morgan fingerprint density at radius 2 is 1.83 bits per heavy atom. The van der Waals surface area contributed by atoms with E-state index in [1.807, 2.05) is 20.2 Å². The maximum Gasteiger partial charge on any atom is 0.255 e. The predicted molar refractivity (Wildman–Crippen MR) is 74.0 cm³/mol. The lowest BCUT2D eigenvalue weighted by Gasteiger charge is -2.26. The van der Waals surface area contributed by atoms with Crippen LogP contribution in [0.4, 0.5) is 0 Å². The SMILES string of the molecule is Cc1cc(C(=O)N(C)C)c(C)n1C1CCCCC1. The molecule has 1 aliphatic carbocycles. The Morgan fingerprint density at radius 1 is 1.22 bits per heavy atom. The van der Waals surface area contributed by atoms with E-state index in [0.29, 0.717) is 6.04 Å². The lowest BCUT2D eigenvalue weighted by molar-refractivity contribution is 0.0826. The van der Waals surface area contributed by atoms with Crippen LogP contribution < -0.4 is 0 Å². The van der Waals surface area contributed by atoms with Crippen LogP contribution in [0, 0.1) is 13.8 Å². The molecule has 1 heterocycles. The average molecular weight is 248 g/mol. The summed E-state index contributed by atoms with van der Waals surface area (Å²) < 4.78 is 2.38. The first-order valence-corrected chi connectivity index (χ1v) is 6.92. The molecule has 1 aromatic heterocycles. The number of hydrogen-bond donors (Lipinski definition) is 0. The molecule has 0 saturated heterocycles. The van der Waals surface area contributed by atoms with Crippen molar-refractivity contribution < 1.29 is 4.79 Å². The molecule has 0 atom stereocenters. The lowest BCUT2D eigenvalue weighted by Crippen LogP contribution is -2.23. The van der Waals surface area contributed by atoms with Crippen molar-refractivity contribution in [3.63, 3.8) is 0 Å². The van der Waals surface area contributed by atoms with Gasteiger partial charge in [-0.1, -0.05) is 19.3 Å². The number of nitrogens with zero attached hydrogens (tertiary/aromatic N) is 2. The molecule has 1 fully saturated rings. The number of amides is 1. The van der Waals surface area contributed by atoms with Gasteiger partial charge < -0.3 is 9.47 Å². The smallest absolute Gasteiger partial charge is 0.255 e. The minimum atomic E-state index is 0.116. The largest absolute Gasteiger partial charge is 0.345 e. The lowest BCUT2D eigenvalue weighted by atomic mass is 9.95. The maximum absolute atomic E-state index is 12.1. The van der Waals surface area contributed by atoms with Crippen molar-refractivity contribution in [3.05, 3.63) is 23.0 Å². The minimum Gasteiger partial charge on any atom is -0.345 e. The normalized spacial score (nSPS) is 16.9. The van der Waals surface area contributed by atoms with Gasteiger partial charge in [0.2, 0.25) is 0 Å². The summed E-state index contributed by atoms with van der Waals surface area (Å²) in [6, 6.07) is 2.65. The van der Waals surface area contributed by atoms with Crippen LogP contribution in [0.1, 0.15) is 59.9 Å². The first-order valence-electron chi connectivity index (χ1n) is 6.92. The van der Waals surface area contributed by atoms with Gasteiger partial charge in [0.25, 0.3) is 5.91 Å². The number of aryl methyl sites for hydroxylation is 1. The summed E-state index contributed by atoms with van der Waals surface area (Å²) in [7, 11) is 3.63. The molecule has 0 aromatic carbocycles. The van der Waals surface area contributed by atoms with Crippen molar-refractivity contribution in [1.29, 1.82) is 0 Å². The summed E-state index contributed by atoms with van der Waals surface area (Å²) in [5.41, 5.74) is 3.23. The van der Waals surface area contributed by atoms with Crippen LogP contribution in [0.2, 0.25) is 0 Å². The van der Waals surface area contributed by atoms with Gasteiger partial charge in [0.1, 0.15) is 0 Å². The summed E-state index contributed by atoms with van der Waals surface area (Å²) in [4.78, 5) is 13.8. The van der Waals surface area contributed by atoms with E-state index >= 15 is 0 Å². The van der Waals surface area contributed by atoms with Crippen molar-refractivity contribution in [1.82, 2.24) is 9.47 Å². The van der Waals surface area contributed by atoms with Crippen LogP contribution in [0.5, 0.6) is 0 Å². The minimum absolute atomic E-state index is 0.116. The highest BCUT2D eigenvalue weighted by Crippen LogP contribution is 2.32. The third kappa shape index (κ3) is 2.31. The Labute approximate surface area is 110 Å². The summed E-state index contributed by atoms with van der Waals surface area (Å²) in [5, 5.41) is 0. The fourth-order valence-corrected chi connectivity index (χ4v) is 3.14. The van der Waals surface area contributed by atoms with E-state index in [0.717, 1.165) is 11.3 Å². The fourth-order valence-electron chi connectivity index (χ4n) is 3.14. The molecule has 0 bridgehead atoms. The molecule has 3 nitrogen and oxygen atoms in total. The molecule has 0 N–H and O–H groups in total. The van der Waals surface area contributed by atoms with E-state index < -0.39 is 0 Å². The molecular formula is C15H24N2O. The first-order chi connectivity index (χ1) is 8.52. The van der Waals surface area contributed by atoms with E-state index in [1.165, 1.54) is 37.8 Å². The number of carbonyl (C=O) groups is 1. The van der Waals surface area contributed by atoms with Gasteiger partial charge in [-0.05, 0) is 32.8 Å². The Bertz CT molecular complexity index is 440. The Kier molecular flexibility index (Phi) is 3.79. The molecule has 1 aliphatic rings. The number of carbonyl (C=O) groups excluding carboxylic acids is 1. The average Bonchev–Trinajstić information content (AvgIpc) is 2.65. The monoisotopic (exact) mass is 248 g/mol. The van der Waals surface area contributed by atoms with Crippen LogP contribution >= 0.6 is 0 Å². The summed E-state index contributed by atoms with van der Waals surface area (Å²) >= 11 is 0. The van der Waals surface area contributed by atoms with Crippen molar-refractivity contribution in [3.8, 4) is 0 Å². The molecule has 2 rings (SSSR count). The zero-order chi connectivity index (χ0) is 13.3. The molecular weight excluding hydrogens is 224 g/mol. The highest BCUT2D eigenvalue weighted by molar-refractivity contribution is 5.95. The number of rotatable bonds is 2. The van der Waals surface area contributed by atoms with E-state index in [4.69, 9.17) is 0 Å². The van der Waals surface area contributed by atoms with Gasteiger partial charge in [0.05, 0.1) is 5.56 Å². The Balaban J connectivity index is 2.34. The topological polar surface area (TPSA) is 25.2 Å². The number of hydrogen-bond acceptors (Lipinski definition) is 1. The van der Waals surface area contributed by atoms with E-state index in [2.05, 4.69) is 18.4 Å². The van der Waals surface area contributed by atoms with Gasteiger partial charge in [-0.25, -0.2) is 0 Å². The zero-order valence-corrected chi connectivity index (χ0v) is 12.0. The molecule has 3 heteroatoms. The first kappa shape index (κ1) is 13.2. The van der Waals surface area contributed by atoms with Crippen molar-refractivity contribution in [2.75, 3.05) is 14.1 Å². The van der Waals surface area contributed by atoms with Gasteiger partial charge in [0.15, 0.2) is 0 Å². The second-order valence-electron chi connectivity index (χ2n) is 5.65. The van der Waals surface area contributed by atoms with Crippen molar-refractivity contribution in [2.45, 2.75) is 52.0 Å². The van der Waals surface area contributed by atoms with Gasteiger partial charge in [-0.15, -0.1) is 0 Å². The van der Waals surface area contributed by atoms with Crippen molar-refractivity contribution in [2.24, 2.45) is 0 Å². The maximum atomic E-state index is 12.1. The van der Waals surface area contributed by atoms with Crippen LogP contribution in [-0.2, 0) is 0 Å². The van der Waals surface area contributed by atoms with Gasteiger partial charge >= 0.3 is 0 Å².